The van der Waals surface area contributed by atoms with Crippen molar-refractivity contribution in [3.63, 3.8) is 0 Å². The lowest BCUT2D eigenvalue weighted by Gasteiger charge is -2.43. The minimum Gasteiger partial charge on any atom is -0.496 e. The SMILES string of the molecule is COc1ccccc1C(O)C1(N2CCCC2)CCCC1. The lowest BCUT2D eigenvalue weighted by Crippen LogP contribution is -2.49. The maximum atomic E-state index is 11.1. The maximum Gasteiger partial charge on any atom is 0.124 e. The fraction of sp³-hybridized carbons (Fsp3) is 0.647. The Morgan fingerprint density at radius 2 is 1.75 bits per heavy atom. The van der Waals surface area contributed by atoms with Crippen LogP contribution in [0.2, 0.25) is 0 Å². The summed E-state index contributed by atoms with van der Waals surface area (Å²) in [5, 5.41) is 11.1. The molecule has 0 aromatic heterocycles. The van der Waals surface area contributed by atoms with Crippen molar-refractivity contribution in [2.24, 2.45) is 0 Å². The summed E-state index contributed by atoms with van der Waals surface area (Å²) in [5.74, 6) is 0.811. The summed E-state index contributed by atoms with van der Waals surface area (Å²) >= 11 is 0. The number of hydrogen-bond acceptors (Lipinski definition) is 3. The zero-order valence-electron chi connectivity index (χ0n) is 12.3. The summed E-state index contributed by atoms with van der Waals surface area (Å²) in [6, 6.07) is 7.92. The van der Waals surface area contributed by atoms with E-state index in [1.807, 2.05) is 24.3 Å². The monoisotopic (exact) mass is 275 g/mol. The van der Waals surface area contributed by atoms with Crippen molar-refractivity contribution in [3.8, 4) is 5.75 Å². The van der Waals surface area contributed by atoms with Crippen molar-refractivity contribution in [1.82, 2.24) is 4.90 Å². The van der Waals surface area contributed by atoms with E-state index in [9.17, 15) is 5.11 Å². The molecule has 0 spiro atoms. The van der Waals surface area contributed by atoms with Crippen molar-refractivity contribution >= 4 is 0 Å². The summed E-state index contributed by atoms with van der Waals surface area (Å²) in [6.45, 7) is 2.26. The van der Waals surface area contributed by atoms with E-state index in [1.165, 1.54) is 25.7 Å². The van der Waals surface area contributed by atoms with Crippen LogP contribution in [-0.2, 0) is 0 Å². The number of benzene rings is 1. The third kappa shape index (κ3) is 2.23. The zero-order valence-corrected chi connectivity index (χ0v) is 12.3. The van der Waals surface area contributed by atoms with Gasteiger partial charge in [-0.15, -0.1) is 0 Å². The molecular formula is C17H25NO2. The van der Waals surface area contributed by atoms with E-state index in [2.05, 4.69) is 4.90 Å². The number of aliphatic hydroxyl groups is 1. The topological polar surface area (TPSA) is 32.7 Å². The number of hydrogen-bond donors (Lipinski definition) is 1. The van der Waals surface area contributed by atoms with Gasteiger partial charge in [-0.3, -0.25) is 4.90 Å². The maximum absolute atomic E-state index is 11.1. The third-order valence-corrected chi connectivity index (χ3v) is 5.15. The fourth-order valence-electron chi connectivity index (χ4n) is 4.09. The fourth-order valence-corrected chi connectivity index (χ4v) is 4.09. The van der Waals surface area contributed by atoms with Gasteiger partial charge in [0.1, 0.15) is 11.9 Å². The zero-order chi connectivity index (χ0) is 14.0. The molecule has 3 rings (SSSR count). The van der Waals surface area contributed by atoms with Gasteiger partial charge >= 0.3 is 0 Å². The molecule has 0 amide bonds. The minimum absolute atomic E-state index is 0.0644. The lowest BCUT2D eigenvalue weighted by atomic mass is 9.84. The smallest absolute Gasteiger partial charge is 0.124 e. The second kappa shape index (κ2) is 5.74. The van der Waals surface area contributed by atoms with E-state index >= 15 is 0 Å². The molecule has 1 aliphatic carbocycles. The van der Waals surface area contributed by atoms with Gasteiger partial charge in [-0.25, -0.2) is 0 Å². The molecule has 1 saturated carbocycles. The summed E-state index contributed by atoms with van der Waals surface area (Å²) in [6.07, 6.45) is 6.74. The molecule has 2 fully saturated rings. The van der Waals surface area contributed by atoms with Crippen LogP contribution in [0.3, 0.4) is 0 Å². The van der Waals surface area contributed by atoms with Gasteiger partial charge in [0.15, 0.2) is 0 Å². The van der Waals surface area contributed by atoms with E-state index in [0.29, 0.717) is 0 Å². The number of likely N-dealkylation sites (tertiary alicyclic amines) is 1. The molecule has 1 N–H and O–H groups in total. The molecule has 2 aliphatic rings. The molecule has 20 heavy (non-hydrogen) atoms. The molecule has 1 unspecified atom stereocenters. The quantitative estimate of drug-likeness (QED) is 0.916. The molecule has 1 aromatic carbocycles. The average molecular weight is 275 g/mol. The second-order valence-corrected chi connectivity index (χ2v) is 6.15. The van der Waals surface area contributed by atoms with Crippen molar-refractivity contribution in [2.75, 3.05) is 20.2 Å². The summed E-state index contributed by atoms with van der Waals surface area (Å²) in [5.41, 5.74) is 0.884. The molecule has 1 atom stereocenters. The van der Waals surface area contributed by atoms with Crippen LogP contribution in [-0.4, -0.2) is 35.7 Å². The average Bonchev–Trinajstić information content (AvgIpc) is 3.17. The van der Waals surface area contributed by atoms with Gasteiger partial charge < -0.3 is 9.84 Å². The largest absolute Gasteiger partial charge is 0.496 e. The second-order valence-electron chi connectivity index (χ2n) is 6.15. The van der Waals surface area contributed by atoms with Crippen LogP contribution >= 0.6 is 0 Å². The number of aliphatic hydroxyl groups excluding tert-OH is 1. The van der Waals surface area contributed by atoms with Crippen LogP contribution in [0.4, 0.5) is 0 Å². The van der Waals surface area contributed by atoms with E-state index in [4.69, 9.17) is 4.74 Å². The predicted octanol–water partition coefficient (Wildman–Crippen LogP) is 3.14. The molecule has 3 heteroatoms. The first-order valence-corrected chi connectivity index (χ1v) is 7.84. The molecule has 110 valence electrons. The van der Waals surface area contributed by atoms with Crippen LogP contribution in [0.5, 0.6) is 5.75 Å². The van der Waals surface area contributed by atoms with Gasteiger partial charge in [0.05, 0.1) is 12.6 Å². The molecule has 0 bridgehead atoms. The first-order valence-electron chi connectivity index (χ1n) is 7.84. The van der Waals surface area contributed by atoms with E-state index in [-0.39, 0.29) is 5.54 Å². The van der Waals surface area contributed by atoms with Crippen molar-refractivity contribution in [1.29, 1.82) is 0 Å². The standard InChI is InChI=1S/C17H25NO2/c1-20-15-9-3-2-8-14(15)16(19)17(10-4-5-11-17)18-12-6-7-13-18/h2-3,8-9,16,19H,4-7,10-13H2,1H3. The van der Waals surface area contributed by atoms with Crippen LogP contribution in [0.25, 0.3) is 0 Å². The summed E-state index contributed by atoms with van der Waals surface area (Å²) in [7, 11) is 1.68. The van der Waals surface area contributed by atoms with Gasteiger partial charge in [-0.1, -0.05) is 31.0 Å². The first-order chi connectivity index (χ1) is 9.78. The van der Waals surface area contributed by atoms with Gasteiger partial charge in [0.2, 0.25) is 0 Å². The number of rotatable bonds is 4. The van der Waals surface area contributed by atoms with Crippen LogP contribution in [0.15, 0.2) is 24.3 Å². The summed E-state index contributed by atoms with van der Waals surface area (Å²) < 4.78 is 5.46. The Morgan fingerprint density at radius 1 is 1.10 bits per heavy atom. The highest BCUT2D eigenvalue weighted by Gasteiger charge is 2.47. The van der Waals surface area contributed by atoms with Gasteiger partial charge in [0.25, 0.3) is 0 Å². The highest BCUT2D eigenvalue weighted by Crippen LogP contribution is 2.47. The molecule has 1 aromatic rings. The molecule has 1 aliphatic heterocycles. The molecule has 1 saturated heterocycles. The highest BCUT2D eigenvalue weighted by atomic mass is 16.5. The Morgan fingerprint density at radius 3 is 2.40 bits per heavy atom. The van der Waals surface area contributed by atoms with Crippen molar-refractivity contribution < 1.29 is 9.84 Å². The van der Waals surface area contributed by atoms with Crippen molar-refractivity contribution in [2.45, 2.75) is 50.2 Å². The Labute approximate surface area is 121 Å². The van der Waals surface area contributed by atoms with Gasteiger partial charge in [-0.05, 0) is 44.8 Å². The first kappa shape index (κ1) is 13.9. The predicted molar refractivity (Wildman–Crippen MR) is 80.0 cm³/mol. The van der Waals surface area contributed by atoms with Gasteiger partial charge in [-0.2, -0.15) is 0 Å². The van der Waals surface area contributed by atoms with Crippen molar-refractivity contribution in [3.05, 3.63) is 29.8 Å². The molecule has 3 nitrogen and oxygen atoms in total. The Bertz CT molecular complexity index is 448. The minimum atomic E-state index is -0.445. The number of ether oxygens (including phenoxy) is 1. The van der Waals surface area contributed by atoms with Crippen LogP contribution < -0.4 is 4.74 Å². The Hall–Kier alpha value is -1.06. The lowest BCUT2D eigenvalue weighted by molar-refractivity contribution is -0.0206. The van der Waals surface area contributed by atoms with E-state index < -0.39 is 6.10 Å². The Balaban J connectivity index is 1.94. The normalized spacial score (nSPS) is 23.9. The molecule has 1 heterocycles. The molecule has 0 radical (unpaired) electrons. The van der Waals surface area contributed by atoms with Gasteiger partial charge in [0, 0.05) is 5.56 Å². The van der Waals surface area contributed by atoms with E-state index in [0.717, 1.165) is 37.2 Å². The summed E-state index contributed by atoms with van der Waals surface area (Å²) in [4.78, 5) is 2.54. The number of nitrogens with zero attached hydrogens (tertiary/aromatic N) is 1. The number of methoxy groups -OCH3 is 1. The third-order valence-electron chi connectivity index (χ3n) is 5.15. The van der Waals surface area contributed by atoms with E-state index in [1.54, 1.807) is 7.11 Å². The van der Waals surface area contributed by atoms with Crippen LogP contribution in [0, 0.1) is 0 Å². The number of para-hydroxylation sites is 1. The highest BCUT2D eigenvalue weighted by molar-refractivity contribution is 5.37. The Kier molecular flexibility index (Phi) is 3.99. The molecular weight excluding hydrogens is 250 g/mol. The van der Waals surface area contributed by atoms with Crippen LogP contribution in [0.1, 0.15) is 50.2 Å².